The summed E-state index contributed by atoms with van der Waals surface area (Å²) >= 11 is 0. The molecule has 0 aromatic heterocycles. The Balaban J connectivity index is 2.02. The number of hydrogen-bond donors (Lipinski definition) is 0. The van der Waals surface area contributed by atoms with E-state index in [9.17, 15) is 4.79 Å². The molecule has 3 nitrogen and oxygen atoms in total. The molecule has 0 N–H and O–H groups in total. The highest BCUT2D eigenvalue weighted by atomic mass is 16.7. The van der Waals surface area contributed by atoms with E-state index in [1.807, 2.05) is 42.5 Å². The third kappa shape index (κ3) is 5.41. The lowest BCUT2D eigenvalue weighted by atomic mass is 10.1. The molecular formula is C21H26O3. The molecular weight excluding hydrogens is 300 g/mol. The molecule has 0 aliphatic rings. The maximum absolute atomic E-state index is 12.2. The fourth-order valence-corrected chi connectivity index (χ4v) is 2.66. The van der Waals surface area contributed by atoms with Gasteiger partial charge >= 0.3 is 6.16 Å². The van der Waals surface area contributed by atoms with Crippen LogP contribution in [0.4, 0.5) is 4.79 Å². The quantitative estimate of drug-likeness (QED) is 0.341. The highest BCUT2D eigenvalue weighted by Crippen LogP contribution is 2.23. The van der Waals surface area contributed by atoms with Gasteiger partial charge in [0.15, 0.2) is 0 Å². The van der Waals surface area contributed by atoms with Crippen molar-refractivity contribution in [3.63, 3.8) is 0 Å². The number of carbonyl (C=O) groups excluding carboxylic acids is 1. The van der Waals surface area contributed by atoms with Gasteiger partial charge in [-0.05, 0) is 42.5 Å². The molecule has 0 heterocycles. The topological polar surface area (TPSA) is 35.5 Å². The number of carbonyl (C=O) groups is 1. The lowest BCUT2D eigenvalue weighted by Gasteiger charge is -2.12. The first kappa shape index (κ1) is 18.1. The van der Waals surface area contributed by atoms with Gasteiger partial charge in [0.25, 0.3) is 0 Å². The predicted octanol–water partition coefficient (Wildman–Crippen LogP) is 5.95. The van der Waals surface area contributed by atoms with Crippen molar-refractivity contribution in [2.24, 2.45) is 0 Å². The van der Waals surface area contributed by atoms with E-state index in [1.165, 1.54) is 12.8 Å². The highest BCUT2D eigenvalue weighted by Gasteiger charge is 2.13. The van der Waals surface area contributed by atoms with Gasteiger partial charge in [-0.25, -0.2) is 4.79 Å². The molecule has 0 aliphatic heterocycles. The van der Waals surface area contributed by atoms with Crippen LogP contribution in [0.1, 0.15) is 50.7 Å². The molecule has 0 fully saturated rings. The number of para-hydroxylation sites is 2. The van der Waals surface area contributed by atoms with Crippen LogP contribution in [0.5, 0.6) is 11.5 Å². The molecule has 0 radical (unpaired) electrons. The first-order valence-corrected chi connectivity index (χ1v) is 8.80. The molecule has 24 heavy (non-hydrogen) atoms. The van der Waals surface area contributed by atoms with Crippen LogP contribution in [0, 0.1) is 0 Å². The maximum atomic E-state index is 12.2. The monoisotopic (exact) mass is 326 g/mol. The van der Waals surface area contributed by atoms with Crippen molar-refractivity contribution < 1.29 is 14.3 Å². The SMILES string of the molecule is CCCCCc1ccccc1OC(=O)Oc1ccccc1CCC. The number of ether oxygens (including phenoxy) is 2. The van der Waals surface area contributed by atoms with Gasteiger partial charge in [0, 0.05) is 0 Å². The average molecular weight is 326 g/mol. The minimum absolute atomic E-state index is 0.577. The summed E-state index contributed by atoms with van der Waals surface area (Å²) in [4.78, 5) is 12.2. The van der Waals surface area contributed by atoms with Crippen molar-refractivity contribution in [3.05, 3.63) is 59.7 Å². The Kier molecular flexibility index (Phi) is 7.34. The summed E-state index contributed by atoms with van der Waals surface area (Å²) in [5.74, 6) is 1.17. The van der Waals surface area contributed by atoms with Crippen LogP contribution in [-0.2, 0) is 12.8 Å². The first-order valence-electron chi connectivity index (χ1n) is 8.80. The van der Waals surface area contributed by atoms with E-state index in [1.54, 1.807) is 6.07 Å². The molecule has 0 aliphatic carbocycles. The molecule has 0 saturated heterocycles. The summed E-state index contributed by atoms with van der Waals surface area (Å²) in [5.41, 5.74) is 2.07. The zero-order valence-electron chi connectivity index (χ0n) is 14.6. The fourth-order valence-electron chi connectivity index (χ4n) is 2.66. The Labute approximate surface area is 144 Å². The van der Waals surface area contributed by atoms with Gasteiger partial charge in [-0.3, -0.25) is 0 Å². The summed E-state index contributed by atoms with van der Waals surface area (Å²) in [6.07, 6.45) is 5.52. The zero-order valence-corrected chi connectivity index (χ0v) is 14.6. The Morgan fingerprint density at radius 3 is 1.83 bits per heavy atom. The molecule has 0 amide bonds. The van der Waals surface area contributed by atoms with Crippen molar-refractivity contribution in [3.8, 4) is 11.5 Å². The lowest BCUT2D eigenvalue weighted by Crippen LogP contribution is -2.15. The van der Waals surface area contributed by atoms with Crippen molar-refractivity contribution in [2.45, 2.75) is 52.4 Å². The molecule has 3 heteroatoms. The summed E-state index contributed by atoms with van der Waals surface area (Å²) in [5, 5.41) is 0. The molecule has 2 aromatic carbocycles. The molecule has 0 bridgehead atoms. The van der Waals surface area contributed by atoms with Crippen LogP contribution in [0.15, 0.2) is 48.5 Å². The largest absolute Gasteiger partial charge is 0.519 e. The van der Waals surface area contributed by atoms with E-state index in [-0.39, 0.29) is 0 Å². The van der Waals surface area contributed by atoms with Crippen LogP contribution >= 0.6 is 0 Å². The Hall–Kier alpha value is -2.29. The molecule has 0 atom stereocenters. The van der Waals surface area contributed by atoms with E-state index >= 15 is 0 Å². The van der Waals surface area contributed by atoms with Crippen LogP contribution < -0.4 is 9.47 Å². The van der Waals surface area contributed by atoms with E-state index in [2.05, 4.69) is 13.8 Å². The molecule has 128 valence electrons. The summed E-state index contributed by atoms with van der Waals surface area (Å²) in [6, 6.07) is 15.3. The van der Waals surface area contributed by atoms with E-state index in [4.69, 9.17) is 9.47 Å². The maximum Gasteiger partial charge on any atom is 0.519 e. The van der Waals surface area contributed by atoms with Gasteiger partial charge in [0.2, 0.25) is 0 Å². The third-order valence-electron chi connectivity index (χ3n) is 3.90. The van der Waals surface area contributed by atoms with Crippen molar-refractivity contribution in [2.75, 3.05) is 0 Å². The number of unbranched alkanes of at least 4 members (excludes halogenated alkanes) is 2. The van der Waals surface area contributed by atoms with E-state index in [0.29, 0.717) is 11.5 Å². The van der Waals surface area contributed by atoms with Gasteiger partial charge in [-0.2, -0.15) is 0 Å². The molecule has 2 rings (SSSR count). The average Bonchev–Trinajstić information content (AvgIpc) is 2.58. The number of hydrogen-bond acceptors (Lipinski definition) is 3. The van der Waals surface area contributed by atoms with Crippen molar-refractivity contribution in [1.29, 1.82) is 0 Å². The highest BCUT2D eigenvalue weighted by molar-refractivity contribution is 5.68. The third-order valence-corrected chi connectivity index (χ3v) is 3.90. The number of benzene rings is 2. The Bertz CT molecular complexity index is 649. The second-order valence-electron chi connectivity index (χ2n) is 5.88. The number of aryl methyl sites for hydroxylation is 2. The normalized spacial score (nSPS) is 10.4. The van der Waals surface area contributed by atoms with Gasteiger partial charge in [-0.1, -0.05) is 69.5 Å². The Morgan fingerprint density at radius 1 is 0.750 bits per heavy atom. The molecule has 0 saturated carbocycles. The van der Waals surface area contributed by atoms with Gasteiger partial charge in [0.05, 0.1) is 0 Å². The van der Waals surface area contributed by atoms with Crippen LogP contribution in [0.25, 0.3) is 0 Å². The van der Waals surface area contributed by atoms with Crippen LogP contribution in [-0.4, -0.2) is 6.16 Å². The van der Waals surface area contributed by atoms with E-state index in [0.717, 1.165) is 36.8 Å². The van der Waals surface area contributed by atoms with Gasteiger partial charge < -0.3 is 9.47 Å². The van der Waals surface area contributed by atoms with E-state index < -0.39 is 6.16 Å². The molecule has 0 spiro atoms. The second kappa shape index (κ2) is 9.76. The second-order valence-corrected chi connectivity index (χ2v) is 5.88. The smallest absolute Gasteiger partial charge is 0.394 e. The van der Waals surface area contributed by atoms with Crippen LogP contribution in [0.3, 0.4) is 0 Å². The zero-order chi connectivity index (χ0) is 17.2. The summed E-state index contributed by atoms with van der Waals surface area (Å²) < 4.78 is 10.9. The Morgan fingerprint density at radius 2 is 1.29 bits per heavy atom. The molecule has 0 unspecified atom stereocenters. The summed E-state index contributed by atoms with van der Waals surface area (Å²) in [7, 11) is 0. The van der Waals surface area contributed by atoms with Crippen molar-refractivity contribution in [1.82, 2.24) is 0 Å². The lowest BCUT2D eigenvalue weighted by molar-refractivity contribution is 0.151. The first-order chi connectivity index (χ1) is 11.7. The van der Waals surface area contributed by atoms with Crippen molar-refractivity contribution >= 4 is 6.16 Å². The standard InChI is InChI=1S/C21H26O3/c1-3-5-6-12-18-14-8-10-16-20(18)24-21(22)23-19-15-9-7-13-17(19)11-4-2/h7-10,13-16H,3-6,11-12H2,1-2H3. The number of rotatable bonds is 8. The van der Waals surface area contributed by atoms with Gasteiger partial charge in [0.1, 0.15) is 11.5 Å². The molecule has 2 aromatic rings. The minimum Gasteiger partial charge on any atom is -0.394 e. The van der Waals surface area contributed by atoms with Crippen LogP contribution in [0.2, 0.25) is 0 Å². The minimum atomic E-state index is -0.679. The summed E-state index contributed by atoms with van der Waals surface area (Å²) in [6.45, 7) is 4.27. The fraction of sp³-hybridized carbons (Fsp3) is 0.381. The van der Waals surface area contributed by atoms with Gasteiger partial charge in [-0.15, -0.1) is 0 Å². The predicted molar refractivity (Wildman–Crippen MR) is 96.8 cm³/mol.